The molecule has 1 aromatic carbocycles. The molecule has 0 saturated carbocycles. The van der Waals surface area contributed by atoms with Crippen LogP contribution < -0.4 is 15.4 Å². The fraction of sp³-hybridized carbons (Fsp3) is 0.200. The molecule has 23 heavy (non-hydrogen) atoms. The normalized spacial score (nSPS) is 11.9. The Morgan fingerprint density at radius 1 is 1.35 bits per heavy atom. The molecule has 1 aromatic heterocycles. The van der Waals surface area contributed by atoms with E-state index in [0.717, 1.165) is 3.57 Å². The molecule has 8 heteroatoms. The van der Waals surface area contributed by atoms with E-state index in [9.17, 15) is 13.6 Å². The van der Waals surface area contributed by atoms with Gasteiger partial charge in [-0.3, -0.25) is 4.98 Å². The van der Waals surface area contributed by atoms with Crippen molar-refractivity contribution < 1.29 is 18.3 Å². The topological polar surface area (TPSA) is 63.2 Å². The van der Waals surface area contributed by atoms with Crippen molar-refractivity contribution in [3.05, 3.63) is 51.9 Å². The molecule has 0 bridgehead atoms. The lowest BCUT2D eigenvalue weighted by molar-refractivity contribution is -0.0499. The van der Waals surface area contributed by atoms with Gasteiger partial charge in [-0.15, -0.1) is 0 Å². The molecule has 1 heterocycles. The maximum Gasteiger partial charge on any atom is 0.387 e. The lowest BCUT2D eigenvalue weighted by atomic mass is 10.1. The number of alkyl halides is 2. The largest absolute Gasteiger partial charge is 0.435 e. The summed E-state index contributed by atoms with van der Waals surface area (Å²) >= 11 is 2.06. The van der Waals surface area contributed by atoms with Crippen LogP contribution in [0.1, 0.15) is 18.5 Å². The van der Waals surface area contributed by atoms with Crippen LogP contribution in [0, 0.1) is 3.57 Å². The summed E-state index contributed by atoms with van der Waals surface area (Å²) in [5, 5.41) is 5.44. The van der Waals surface area contributed by atoms with Gasteiger partial charge in [0.15, 0.2) is 0 Å². The number of ether oxygens (including phenoxy) is 1. The Morgan fingerprint density at radius 2 is 2.13 bits per heavy atom. The SMILES string of the molecule is CC(NC(=O)Nc1ccncc1I)c1cccc(OC(F)F)c1. The Balaban J connectivity index is 1.99. The van der Waals surface area contributed by atoms with Crippen LogP contribution in [0.25, 0.3) is 0 Å². The molecule has 2 N–H and O–H groups in total. The molecule has 0 spiro atoms. The van der Waals surface area contributed by atoms with Gasteiger partial charge < -0.3 is 15.4 Å². The molecular weight excluding hydrogens is 419 g/mol. The van der Waals surface area contributed by atoms with E-state index in [4.69, 9.17) is 0 Å². The van der Waals surface area contributed by atoms with Crippen LogP contribution in [-0.4, -0.2) is 17.6 Å². The third kappa shape index (κ3) is 5.31. The van der Waals surface area contributed by atoms with E-state index in [-0.39, 0.29) is 11.8 Å². The van der Waals surface area contributed by atoms with E-state index >= 15 is 0 Å². The number of nitrogens with one attached hydrogen (secondary N) is 2. The van der Waals surface area contributed by atoms with Crippen molar-refractivity contribution in [3.8, 4) is 5.75 Å². The highest BCUT2D eigenvalue weighted by Gasteiger charge is 2.12. The van der Waals surface area contributed by atoms with Gasteiger partial charge in [0.1, 0.15) is 5.75 Å². The number of hydrogen-bond acceptors (Lipinski definition) is 3. The molecule has 0 aliphatic carbocycles. The van der Waals surface area contributed by atoms with Crippen molar-refractivity contribution in [2.24, 2.45) is 0 Å². The van der Waals surface area contributed by atoms with E-state index in [1.54, 1.807) is 37.5 Å². The van der Waals surface area contributed by atoms with Crippen LogP contribution in [-0.2, 0) is 0 Å². The van der Waals surface area contributed by atoms with Crippen molar-refractivity contribution in [2.75, 3.05) is 5.32 Å². The average Bonchev–Trinajstić information content (AvgIpc) is 2.49. The predicted octanol–water partition coefficient (Wildman–Crippen LogP) is 4.17. The molecular formula is C15H14F2IN3O2. The third-order valence-corrected chi connectivity index (χ3v) is 3.81. The summed E-state index contributed by atoms with van der Waals surface area (Å²) in [6.07, 6.45) is 3.21. The Labute approximate surface area is 145 Å². The summed E-state index contributed by atoms with van der Waals surface area (Å²) in [6.45, 7) is -1.14. The number of aromatic nitrogens is 1. The summed E-state index contributed by atoms with van der Waals surface area (Å²) in [5.41, 5.74) is 1.29. The molecule has 0 aliphatic heterocycles. The minimum Gasteiger partial charge on any atom is -0.435 e. The first-order chi connectivity index (χ1) is 11.0. The van der Waals surface area contributed by atoms with Crippen molar-refractivity contribution in [1.82, 2.24) is 10.3 Å². The first-order valence-corrected chi connectivity index (χ1v) is 7.75. The molecule has 0 saturated heterocycles. The van der Waals surface area contributed by atoms with Gasteiger partial charge in [-0.2, -0.15) is 8.78 Å². The summed E-state index contributed by atoms with van der Waals surface area (Å²) in [7, 11) is 0. The van der Waals surface area contributed by atoms with Crippen LogP contribution >= 0.6 is 22.6 Å². The highest BCUT2D eigenvalue weighted by Crippen LogP contribution is 2.21. The summed E-state index contributed by atoms with van der Waals surface area (Å²) in [5.74, 6) is 0.0511. The van der Waals surface area contributed by atoms with E-state index in [0.29, 0.717) is 11.3 Å². The average molecular weight is 433 g/mol. The number of amides is 2. The van der Waals surface area contributed by atoms with E-state index in [1.807, 2.05) is 0 Å². The number of anilines is 1. The van der Waals surface area contributed by atoms with Gasteiger partial charge in [0.25, 0.3) is 0 Å². The fourth-order valence-electron chi connectivity index (χ4n) is 1.88. The molecule has 2 amide bonds. The Morgan fingerprint density at radius 3 is 2.83 bits per heavy atom. The van der Waals surface area contributed by atoms with Crippen molar-refractivity contribution in [2.45, 2.75) is 19.6 Å². The maximum absolute atomic E-state index is 12.2. The minimum absolute atomic E-state index is 0.0511. The molecule has 2 aromatic rings. The van der Waals surface area contributed by atoms with Crippen LogP contribution in [0.2, 0.25) is 0 Å². The second-order valence-corrected chi connectivity index (χ2v) is 5.79. The van der Waals surface area contributed by atoms with Crippen LogP contribution in [0.4, 0.5) is 19.3 Å². The van der Waals surface area contributed by atoms with Crippen molar-refractivity contribution in [3.63, 3.8) is 0 Å². The molecule has 1 atom stereocenters. The monoisotopic (exact) mass is 433 g/mol. The summed E-state index contributed by atoms with van der Waals surface area (Å²) in [4.78, 5) is 16.0. The Bertz CT molecular complexity index is 685. The number of rotatable bonds is 5. The zero-order chi connectivity index (χ0) is 16.8. The third-order valence-electron chi connectivity index (χ3n) is 2.95. The summed E-state index contributed by atoms with van der Waals surface area (Å²) < 4.78 is 29.6. The number of carbonyl (C=O) groups excluding carboxylic acids is 1. The molecule has 0 radical (unpaired) electrons. The van der Waals surface area contributed by atoms with Crippen molar-refractivity contribution >= 4 is 34.3 Å². The van der Waals surface area contributed by atoms with E-state index in [1.165, 1.54) is 12.1 Å². The number of benzene rings is 1. The molecule has 5 nitrogen and oxygen atoms in total. The van der Waals surface area contributed by atoms with Gasteiger partial charge in [0.05, 0.1) is 15.3 Å². The van der Waals surface area contributed by atoms with E-state index in [2.05, 4.69) is 42.9 Å². The van der Waals surface area contributed by atoms with Crippen molar-refractivity contribution in [1.29, 1.82) is 0 Å². The second-order valence-electron chi connectivity index (χ2n) is 4.63. The number of nitrogens with zero attached hydrogens (tertiary/aromatic N) is 1. The molecule has 0 fully saturated rings. The van der Waals surface area contributed by atoms with Crippen LogP contribution in [0.15, 0.2) is 42.7 Å². The number of urea groups is 1. The van der Waals surface area contributed by atoms with Crippen LogP contribution in [0.3, 0.4) is 0 Å². The molecule has 2 rings (SSSR count). The zero-order valence-electron chi connectivity index (χ0n) is 12.1. The molecule has 0 aliphatic rings. The van der Waals surface area contributed by atoms with Gasteiger partial charge in [0, 0.05) is 12.4 Å². The summed E-state index contributed by atoms with van der Waals surface area (Å²) in [6, 6.07) is 7.12. The zero-order valence-corrected chi connectivity index (χ0v) is 14.3. The molecule has 1 unspecified atom stereocenters. The first-order valence-electron chi connectivity index (χ1n) is 6.67. The first kappa shape index (κ1) is 17.4. The van der Waals surface area contributed by atoms with Gasteiger partial charge in [-0.1, -0.05) is 12.1 Å². The van der Waals surface area contributed by atoms with Gasteiger partial charge in [-0.05, 0) is 53.3 Å². The minimum atomic E-state index is -2.88. The lowest BCUT2D eigenvalue weighted by Gasteiger charge is -2.16. The molecule has 122 valence electrons. The number of carbonyl (C=O) groups is 1. The number of pyridine rings is 1. The maximum atomic E-state index is 12.2. The highest BCUT2D eigenvalue weighted by molar-refractivity contribution is 14.1. The van der Waals surface area contributed by atoms with Gasteiger partial charge in [0.2, 0.25) is 0 Å². The van der Waals surface area contributed by atoms with Crippen LogP contribution in [0.5, 0.6) is 5.75 Å². The number of hydrogen-bond donors (Lipinski definition) is 2. The standard InChI is InChI=1S/C15H14F2IN3O2/c1-9(10-3-2-4-11(7-10)23-14(16)17)20-15(22)21-13-5-6-19-8-12(13)18/h2-9,14H,1H3,(H2,19,20,21,22). The Hall–Kier alpha value is -1.97. The number of halogens is 3. The quantitative estimate of drug-likeness (QED) is 0.696. The van der Waals surface area contributed by atoms with Gasteiger partial charge >= 0.3 is 12.6 Å². The van der Waals surface area contributed by atoms with E-state index < -0.39 is 12.6 Å². The van der Waals surface area contributed by atoms with Gasteiger partial charge in [-0.25, -0.2) is 4.79 Å². The second kappa shape index (κ2) is 8.04. The Kier molecular flexibility index (Phi) is 6.08. The fourth-order valence-corrected chi connectivity index (χ4v) is 2.35. The predicted molar refractivity (Wildman–Crippen MR) is 90.6 cm³/mol. The highest BCUT2D eigenvalue weighted by atomic mass is 127. The smallest absolute Gasteiger partial charge is 0.387 e. The lowest BCUT2D eigenvalue weighted by Crippen LogP contribution is -2.31.